The third-order valence-corrected chi connectivity index (χ3v) is 3.08. The van der Waals surface area contributed by atoms with Crippen LogP contribution in [0.15, 0.2) is 29.3 Å². The van der Waals surface area contributed by atoms with Crippen LogP contribution < -0.4 is 15.4 Å². The molecular weight excluding hydrogens is 405 g/mol. The number of unbranched alkanes of at least 4 members (excludes halogenated alkanes) is 1. The molecule has 0 saturated carbocycles. The zero-order chi connectivity index (χ0) is 16.0. The lowest BCUT2D eigenvalue weighted by Crippen LogP contribution is -2.39. The molecule has 0 aliphatic rings. The maximum atomic E-state index is 5.53. The number of hydrogen-bond donors (Lipinski definition) is 2. The highest BCUT2D eigenvalue weighted by atomic mass is 127. The first kappa shape index (κ1) is 22.0. The fraction of sp³-hybridized carbons (Fsp3) is 0.588. The lowest BCUT2D eigenvalue weighted by atomic mass is 10.2. The first-order valence-corrected chi connectivity index (χ1v) is 8.03. The molecule has 2 N–H and O–H groups in total. The van der Waals surface area contributed by atoms with Gasteiger partial charge in [0, 0.05) is 19.7 Å². The normalized spacial score (nSPS) is 10.8. The number of aliphatic imine (C=N–C) groups is 1. The molecule has 0 spiro atoms. The van der Waals surface area contributed by atoms with Gasteiger partial charge < -0.3 is 20.1 Å². The minimum absolute atomic E-state index is 0. The van der Waals surface area contributed by atoms with Gasteiger partial charge in [-0.15, -0.1) is 24.0 Å². The summed E-state index contributed by atoms with van der Waals surface area (Å²) >= 11 is 0. The van der Waals surface area contributed by atoms with Crippen molar-refractivity contribution < 1.29 is 9.47 Å². The highest BCUT2D eigenvalue weighted by Gasteiger charge is 1.99. The fourth-order valence-electron chi connectivity index (χ4n) is 1.87. The molecule has 0 heterocycles. The van der Waals surface area contributed by atoms with Crippen molar-refractivity contribution in [3.8, 4) is 5.75 Å². The lowest BCUT2D eigenvalue weighted by Gasteiger charge is -2.11. The Hall–Kier alpha value is -1.02. The van der Waals surface area contributed by atoms with Crippen LogP contribution in [0.3, 0.4) is 0 Å². The molecule has 0 aromatic heterocycles. The van der Waals surface area contributed by atoms with Crippen molar-refractivity contribution in [3.63, 3.8) is 0 Å². The Labute approximate surface area is 157 Å². The lowest BCUT2D eigenvalue weighted by molar-refractivity contribution is 0.136. The van der Waals surface area contributed by atoms with Crippen LogP contribution in [0.2, 0.25) is 0 Å². The summed E-state index contributed by atoms with van der Waals surface area (Å²) in [6.07, 6.45) is 2.28. The molecule has 1 aromatic rings. The van der Waals surface area contributed by atoms with E-state index in [1.165, 1.54) is 0 Å². The molecule has 0 radical (unpaired) electrons. The summed E-state index contributed by atoms with van der Waals surface area (Å²) in [5, 5.41) is 6.51. The molecule has 1 rings (SSSR count). The highest BCUT2D eigenvalue weighted by Crippen LogP contribution is 2.12. The zero-order valence-electron chi connectivity index (χ0n) is 14.4. The SMILES string of the molecule is CCCCOCCNC(=NCc1cccc(OC)c1)NCC.I. The molecule has 0 atom stereocenters. The van der Waals surface area contributed by atoms with Gasteiger partial charge in [0.1, 0.15) is 5.75 Å². The number of ether oxygens (including phenoxy) is 2. The predicted molar refractivity (Wildman–Crippen MR) is 107 cm³/mol. The van der Waals surface area contributed by atoms with E-state index in [9.17, 15) is 0 Å². The van der Waals surface area contributed by atoms with Crippen LogP contribution in [0.4, 0.5) is 0 Å². The van der Waals surface area contributed by atoms with Crippen LogP contribution >= 0.6 is 24.0 Å². The monoisotopic (exact) mass is 435 g/mol. The second-order valence-electron chi connectivity index (χ2n) is 4.94. The van der Waals surface area contributed by atoms with E-state index in [0.29, 0.717) is 13.2 Å². The number of benzene rings is 1. The van der Waals surface area contributed by atoms with Gasteiger partial charge in [0.05, 0.1) is 20.3 Å². The smallest absolute Gasteiger partial charge is 0.191 e. The number of nitrogens with zero attached hydrogens (tertiary/aromatic N) is 1. The summed E-state index contributed by atoms with van der Waals surface area (Å²) in [5.74, 6) is 1.67. The third kappa shape index (κ3) is 10.4. The number of nitrogens with one attached hydrogen (secondary N) is 2. The molecule has 0 aliphatic heterocycles. The minimum atomic E-state index is 0. The van der Waals surface area contributed by atoms with E-state index in [0.717, 1.165) is 49.8 Å². The standard InChI is InChI=1S/C17H29N3O2.HI/c1-4-6-11-22-12-10-19-17(18-5-2)20-14-15-8-7-9-16(13-15)21-3;/h7-9,13H,4-6,10-12,14H2,1-3H3,(H2,18,19,20);1H. The van der Waals surface area contributed by atoms with Crippen LogP contribution in [0.25, 0.3) is 0 Å². The zero-order valence-corrected chi connectivity index (χ0v) is 16.8. The Morgan fingerprint density at radius 2 is 2.00 bits per heavy atom. The maximum absolute atomic E-state index is 5.53. The Morgan fingerprint density at radius 1 is 1.17 bits per heavy atom. The number of halogens is 1. The van der Waals surface area contributed by atoms with Crippen molar-refractivity contribution in [2.75, 3.05) is 33.4 Å². The second kappa shape index (κ2) is 14.6. The van der Waals surface area contributed by atoms with Crippen molar-refractivity contribution in [2.24, 2.45) is 4.99 Å². The Morgan fingerprint density at radius 3 is 2.70 bits per heavy atom. The number of hydrogen-bond acceptors (Lipinski definition) is 3. The van der Waals surface area contributed by atoms with Gasteiger partial charge in [-0.2, -0.15) is 0 Å². The van der Waals surface area contributed by atoms with Gasteiger partial charge >= 0.3 is 0 Å². The average molecular weight is 435 g/mol. The fourth-order valence-corrected chi connectivity index (χ4v) is 1.87. The van der Waals surface area contributed by atoms with Crippen molar-refractivity contribution in [1.29, 1.82) is 0 Å². The molecule has 132 valence electrons. The highest BCUT2D eigenvalue weighted by molar-refractivity contribution is 14.0. The molecule has 0 unspecified atom stereocenters. The molecule has 0 bridgehead atoms. The van der Waals surface area contributed by atoms with E-state index in [1.807, 2.05) is 24.3 Å². The van der Waals surface area contributed by atoms with Crippen LogP contribution in [-0.2, 0) is 11.3 Å². The van der Waals surface area contributed by atoms with Crippen LogP contribution in [0, 0.1) is 0 Å². The summed E-state index contributed by atoms with van der Waals surface area (Å²) in [7, 11) is 1.67. The third-order valence-electron chi connectivity index (χ3n) is 3.08. The molecule has 5 nitrogen and oxygen atoms in total. The minimum Gasteiger partial charge on any atom is -0.497 e. The largest absolute Gasteiger partial charge is 0.497 e. The van der Waals surface area contributed by atoms with Gasteiger partial charge in [0.15, 0.2) is 5.96 Å². The summed E-state index contributed by atoms with van der Waals surface area (Å²) < 4.78 is 10.8. The van der Waals surface area contributed by atoms with E-state index in [2.05, 4.69) is 29.5 Å². The average Bonchev–Trinajstić information content (AvgIpc) is 2.56. The first-order chi connectivity index (χ1) is 10.8. The molecule has 1 aromatic carbocycles. The summed E-state index contributed by atoms with van der Waals surface area (Å²) in [6, 6.07) is 7.96. The molecule has 6 heteroatoms. The van der Waals surface area contributed by atoms with E-state index >= 15 is 0 Å². The molecule has 0 fully saturated rings. The topological polar surface area (TPSA) is 54.9 Å². The van der Waals surface area contributed by atoms with E-state index in [4.69, 9.17) is 9.47 Å². The van der Waals surface area contributed by atoms with Crippen molar-refractivity contribution in [1.82, 2.24) is 10.6 Å². The molecule has 23 heavy (non-hydrogen) atoms. The van der Waals surface area contributed by atoms with Gasteiger partial charge in [-0.1, -0.05) is 25.5 Å². The van der Waals surface area contributed by atoms with Gasteiger partial charge in [0.25, 0.3) is 0 Å². The maximum Gasteiger partial charge on any atom is 0.191 e. The van der Waals surface area contributed by atoms with Crippen molar-refractivity contribution in [3.05, 3.63) is 29.8 Å². The van der Waals surface area contributed by atoms with Crippen LogP contribution in [-0.4, -0.2) is 39.4 Å². The Bertz CT molecular complexity index is 442. The van der Waals surface area contributed by atoms with Gasteiger partial charge in [-0.3, -0.25) is 0 Å². The summed E-state index contributed by atoms with van der Waals surface area (Å²) in [4.78, 5) is 4.58. The first-order valence-electron chi connectivity index (χ1n) is 8.03. The van der Waals surface area contributed by atoms with Crippen molar-refractivity contribution in [2.45, 2.75) is 33.2 Å². The number of rotatable bonds is 10. The Balaban J connectivity index is 0.00000484. The summed E-state index contributed by atoms with van der Waals surface area (Å²) in [5.41, 5.74) is 1.12. The quantitative estimate of drug-likeness (QED) is 0.257. The second-order valence-corrected chi connectivity index (χ2v) is 4.94. The summed E-state index contributed by atoms with van der Waals surface area (Å²) in [6.45, 7) is 7.95. The molecule has 0 saturated heterocycles. The number of methoxy groups -OCH3 is 1. The predicted octanol–water partition coefficient (Wildman–Crippen LogP) is 3.19. The van der Waals surface area contributed by atoms with Crippen molar-refractivity contribution >= 4 is 29.9 Å². The van der Waals surface area contributed by atoms with E-state index in [1.54, 1.807) is 7.11 Å². The van der Waals surface area contributed by atoms with Gasteiger partial charge in [-0.05, 0) is 31.0 Å². The number of guanidine groups is 1. The molecule has 0 amide bonds. The molecular formula is C17H30IN3O2. The van der Waals surface area contributed by atoms with Crippen LogP contribution in [0.1, 0.15) is 32.3 Å². The van der Waals surface area contributed by atoms with Crippen LogP contribution in [0.5, 0.6) is 5.75 Å². The van der Waals surface area contributed by atoms with E-state index in [-0.39, 0.29) is 24.0 Å². The molecule has 0 aliphatic carbocycles. The van der Waals surface area contributed by atoms with E-state index < -0.39 is 0 Å². The van der Waals surface area contributed by atoms with Gasteiger partial charge in [0.2, 0.25) is 0 Å². The van der Waals surface area contributed by atoms with Gasteiger partial charge in [-0.25, -0.2) is 4.99 Å². The Kier molecular flexibility index (Phi) is 13.9.